The van der Waals surface area contributed by atoms with Crippen molar-refractivity contribution in [1.29, 1.82) is 0 Å². The van der Waals surface area contributed by atoms with Gasteiger partial charge in [-0.3, -0.25) is 0 Å². The number of rotatable bonds is 4. The third-order valence-electron chi connectivity index (χ3n) is 3.22. The summed E-state index contributed by atoms with van der Waals surface area (Å²) in [5, 5.41) is 9.24. The van der Waals surface area contributed by atoms with Gasteiger partial charge in [0.2, 0.25) is 0 Å². The van der Waals surface area contributed by atoms with Gasteiger partial charge in [0.25, 0.3) is 0 Å². The van der Waals surface area contributed by atoms with E-state index in [0.717, 1.165) is 0 Å². The van der Waals surface area contributed by atoms with Crippen LogP contribution in [0.4, 0.5) is 0 Å². The van der Waals surface area contributed by atoms with Gasteiger partial charge in [-0.1, -0.05) is 34.6 Å². The number of aliphatic hydroxyl groups is 1. The lowest BCUT2D eigenvalue weighted by Gasteiger charge is -2.45. The zero-order valence-corrected chi connectivity index (χ0v) is 10.7. The second-order valence-corrected chi connectivity index (χ2v) is 5.67. The van der Waals surface area contributed by atoms with Crippen LogP contribution in [-0.4, -0.2) is 23.4 Å². The van der Waals surface area contributed by atoms with Crippen molar-refractivity contribution in [3.8, 4) is 0 Å². The lowest BCUT2D eigenvalue weighted by Crippen LogP contribution is -2.48. The smallest absolute Gasteiger partial charge is 0.0745 e. The third-order valence-corrected chi connectivity index (χ3v) is 3.22. The Morgan fingerprint density at radius 3 is 1.71 bits per heavy atom. The Balaban J connectivity index is 4.58. The molecule has 0 radical (unpaired) electrons. The summed E-state index contributed by atoms with van der Waals surface area (Å²) in [6, 6.07) is 0. The van der Waals surface area contributed by atoms with Crippen LogP contribution in [0, 0.1) is 11.3 Å². The van der Waals surface area contributed by atoms with E-state index in [1.165, 1.54) is 0 Å². The second-order valence-electron chi connectivity index (χ2n) is 5.67. The van der Waals surface area contributed by atoms with Crippen molar-refractivity contribution in [3.63, 3.8) is 0 Å². The van der Waals surface area contributed by atoms with E-state index >= 15 is 0 Å². The lowest BCUT2D eigenvalue weighted by molar-refractivity contribution is -0.150. The molecule has 0 aliphatic carbocycles. The quantitative estimate of drug-likeness (QED) is 0.759. The lowest BCUT2D eigenvalue weighted by atomic mass is 9.71. The van der Waals surface area contributed by atoms with Crippen molar-refractivity contribution >= 4 is 0 Å². The number of hydrogen-bond acceptors (Lipinski definition) is 2. The van der Waals surface area contributed by atoms with Crippen molar-refractivity contribution < 1.29 is 9.84 Å². The normalized spacial score (nSPS) is 19.5. The fraction of sp³-hybridized carbons (Fsp3) is 1.00. The highest BCUT2D eigenvalue weighted by atomic mass is 16.5. The van der Waals surface area contributed by atoms with Gasteiger partial charge in [-0.2, -0.15) is 0 Å². The van der Waals surface area contributed by atoms with Gasteiger partial charge in [0, 0.05) is 0 Å². The van der Waals surface area contributed by atoms with Crippen molar-refractivity contribution in [2.45, 2.75) is 60.2 Å². The summed E-state index contributed by atoms with van der Waals surface area (Å²) in [7, 11) is 0. The Morgan fingerprint density at radius 2 is 1.50 bits per heavy atom. The molecule has 2 atom stereocenters. The van der Waals surface area contributed by atoms with Gasteiger partial charge in [0.05, 0.1) is 18.3 Å². The zero-order valence-electron chi connectivity index (χ0n) is 10.7. The van der Waals surface area contributed by atoms with E-state index in [1.54, 1.807) is 6.92 Å². The van der Waals surface area contributed by atoms with Crippen LogP contribution >= 0.6 is 0 Å². The molecule has 0 rings (SSSR count). The van der Waals surface area contributed by atoms with E-state index in [-0.39, 0.29) is 11.0 Å². The summed E-state index contributed by atoms with van der Waals surface area (Å²) >= 11 is 0. The van der Waals surface area contributed by atoms with Gasteiger partial charge < -0.3 is 9.84 Å². The minimum absolute atomic E-state index is 0.0794. The third kappa shape index (κ3) is 3.25. The summed E-state index contributed by atoms with van der Waals surface area (Å²) in [5.74, 6) is 0.432. The van der Waals surface area contributed by atoms with E-state index in [9.17, 15) is 5.11 Å². The van der Waals surface area contributed by atoms with Crippen LogP contribution in [0.3, 0.4) is 0 Å². The molecule has 0 fully saturated rings. The van der Waals surface area contributed by atoms with Crippen LogP contribution in [0.25, 0.3) is 0 Å². The molecule has 0 bridgehead atoms. The standard InChI is InChI=1S/C12H26O2/c1-9(2)12(7,11(4,5)6)14-8-10(3)13/h9-10,13H,8H2,1-7H3. The first kappa shape index (κ1) is 13.9. The minimum atomic E-state index is -0.393. The fourth-order valence-electron chi connectivity index (χ4n) is 1.54. The van der Waals surface area contributed by atoms with Crippen LogP contribution in [-0.2, 0) is 4.74 Å². The van der Waals surface area contributed by atoms with Crippen molar-refractivity contribution in [3.05, 3.63) is 0 Å². The molecule has 0 saturated heterocycles. The maximum atomic E-state index is 9.24. The van der Waals surface area contributed by atoms with Crippen LogP contribution in [0.5, 0.6) is 0 Å². The summed E-state index contributed by atoms with van der Waals surface area (Å²) in [6.45, 7) is 15.1. The highest BCUT2D eigenvalue weighted by Gasteiger charge is 2.41. The average Bonchev–Trinajstić information content (AvgIpc) is 1.97. The van der Waals surface area contributed by atoms with E-state index in [1.807, 2.05) is 0 Å². The Kier molecular flexibility index (Phi) is 4.60. The minimum Gasteiger partial charge on any atom is -0.391 e. The molecule has 0 aliphatic rings. The molecule has 0 spiro atoms. The first-order valence-corrected chi connectivity index (χ1v) is 5.43. The summed E-state index contributed by atoms with van der Waals surface area (Å²) in [6.07, 6.45) is -0.393. The van der Waals surface area contributed by atoms with Crippen LogP contribution in [0.1, 0.15) is 48.5 Å². The fourth-order valence-corrected chi connectivity index (χ4v) is 1.54. The molecule has 0 aliphatic heterocycles. The predicted molar refractivity (Wildman–Crippen MR) is 60.3 cm³/mol. The first-order valence-electron chi connectivity index (χ1n) is 5.43. The molecule has 2 unspecified atom stereocenters. The number of ether oxygens (including phenoxy) is 1. The van der Waals surface area contributed by atoms with E-state index in [2.05, 4.69) is 41.5 Å². The summed E-state index contributed by atoms with van der Waals surface area (Å²) < 4.78 is 5.87. The Morgan fingerprint density at radius 1 is 1.07 bits per heavy atom. The first-order chi connectivity index (χ1) is 6.11. The average molecular weight is 202 g/mol. The van der Waals surface area contributed by atoms with Crippen LogP contribution in [0.2, 0.25) is 0 Å². The molecule has 0 aromatic rings. The zero-order chi connectivity index (χ0) is 11.6. The SMILES string of the molecule is CC(O)COC(C)(C(C)C)C(C)(C)C. The topological polar surface area (TPSA) is 29.5 Å². The largest absolute Gasteiger partial charge is 0.391 e. The molecule has 86 valence electrons. The second kappa shape index (κ2) is 4.63. The Hall–Kier alpha value is -0.0800. The molecule has 1 N–H and O–H groups in total. The molecule has 0 aromatic heterocycles. The molecule has 2 heteroatoms. The maximum Gasteiger partial charge on any atom is 0.0745 e. The maximum absolute atomic E-state index is 9.24. The van der Waals surface area contributed by atoms with Gasteiger partial charge in [0.15, 0.2) is 0 Å². The Bertz CT molecular complexity index is 168. The number of hydrogen-bond donors (Lipinski definition) is 1. The van der Waals surface area contributed by atoms with Gasteiger partial charge in [-0.25, -0.2) is 0 Å². The van der Waals surface area contributed by atoms with Crippen molar-refractivity contribution in [1.82, 2.24) is 0 Å². The highest BCUT2D eigenvalue weighted by molar-refractivity contribution is 4.91. The Labute approximate surface area is 88.7 Å². The van der Waals surface area contributed by atoms with E-state index < -0.39 is 6.10 Å². The molecular formula is C12H26O2. The molecule has 14 heavy (non-hydrogen) atoms. The van der Waals surface area contributed by atoms with Crippen molar-refractivity contribution in [2.24, 2.45) is 11.3 Å². The van der Waals surface area contributed by atoms with Gasteiger partial charge >= 0.3 is 0 Å². The predicted octanol–water partition coefficient (Wildman–Crippen LogP) is 2.84. The molecule has 0 aromatic carbocycles. The monoisotopic (exact) mass is 202 g/mol. The van der Waals surface area contributed by atoms with Crippen LogP contribution < -0.4 is 0 Å². The molecule has 0 heterocycles. The summed E-state index contributed by atoms with van der Waals surface area (Å²) in [5.41, 5.74) is -0.111. The van der Waals surface area contributed by atoms with Gasteiger partial charge in [-0.05, 0) is 25.2 Å². The van der Waals surface area contributed by atoms with E-state index in [0.29, 0.717) is 12.5 Å². The molecule has 2 nitrogen and oxygen atoms in total. The van der Waals surface area contributed by atoms with Crippen LogP contribution in [0.15, 0.2) is 0 Å². The molecule has 0 saturated carbocycles. The highest BCUT2D eigenvalue weighted by Crippen LogP contribution is 2.39. The van der Waals surface area contributed by atoms with Crippen molar-refractivity contribution in [2.75, 3.05) is 6.61 Å². The van der Waals surface area contributed by atoms with Gasteiger partial charge in [-0.15, -0.1) is 0 Å². The van der Waals surface area contributed by atoms with Gasteiger partial charge in [0.1, 0.15) is 0 Å². The summed E-state index contributed by atoms with van der Waals surface area (Å²) in [4.78, 5) is 0. The van der Waals surface area contributed by atoms with E-state index in [4.69, 9.17) is 4.74 Å². The molecular weight excluding hydrogens is 176 g/mol. The molecule has 0 amide bonds. The number of aliphatic hydroxyl groups excluding tert-OH is 1.